The van der Waals surface area contributed by atoms with Gasteiger partial charge in [0.1, 0.15) is 10.6 Å². The fourth-order valence-electron chi connectivity index (χ4n) is 3.13. The van der Waals surface area contributed by atoms with Gasteiger partial charge in [-0.25, -0.2) is 4.79 Å². The molecule has 0 fully saturated rings. The lowest BCUT2D eigenvalue weighted by Gasteiger charge is -2.10. The molecule has 2 aromatic carbocycles. The molecule has 1 N–H and O–H groups in total. The van der Waals surface area contributed by atoms with E-state index in [1.54, 1.807) is 26.2 Å². The Hall–Kier alpha value is -3.58. The summed E-state index contributed by atoms with van der Waals surface area (Å²) in [5, 5.41) is 5.11. The van der Waals surface area contributed by atoms with Gasteiger partial charge >= 0.3 is 5.97 Å². The molecular formula is C26H27NO5S. The second-order valence-electron chi connectivity index (χ2n) is 7.02. The van der Waals surface area contributed by atoms with E-state index in [1.807, 2.05) is 54.8 Å². The van der Waals surface area contributed by atoms with Gasteiger partial charge < -0.3 is 19.5 Å². The van der Waals surface area contributed by atoms with Crippen LogP contribution in [0.5, 0.6) is 11.5 Å². The van der Waals surface area contributed by atoms with Crippen molar-refractivity contribution in [1.82, 2.24) is 0 Å². The molecule has 0 bridgehead atoms. The molecule has 3 aromatic rings. The summed E-state index contributed by atoms with van der Waals surface area (Å²) < 4.78 is 16.3. The van der Waals surface area contributed by atoms with Crippen LogP contribution in [0.25, 0.3) is 17.2 Å². The van der Waals surface area contributed by atoms with Crippen LogP contribution in [0.15, 0.2) is 60.0 Å². The maximum absolute atomic E-state index is 12.6. The molecular weight excluding hydrogens is 438 g/mol. The van der Waals surface area contributed by atoms with Crippen LogP contribution >= 0.6 is 11.3 Å². The number of anilines is 1. The van der Waals surface area contributed by atoms with E-state index in [9.17, 15) is 9.59 Å². The summed E-state index contributed by atoms with van der Waals surface area (Å²) in [6.07, 6.45) is 3.99. The number of hydrogen-bond donors (Lipinski definition) is 1. The minimum absolute atomic E-state index is 0.246. The van der Waals surface area contributed by atoms with Gasteiger partial charge in [-0.1, -0.05) is 43.3 Å². The number of carbonyl (C=O) groups is 2. The van der Waals surface area contributed by atoms with Gasteiger partial charge in [0.05, 0.1) is 20.3 Å². The highest BCUT2D eigenvalue weighted by Crippen LogP contribution is 2.36. The Morgan fingerprint density at radius 3 is 2.55 bits per heavy atom. The van der Waals surface area contributed by atoms with Crippen molar-refractivity contribution in [2.45, 2.75) is 20.3 Å². The number of ether oxygens (including phenoxy) is 3. The van der Waals surface area contributed by atoms with Crippen molar-refractivity contribution in [3.63, 3.8) is 0 Å². The molecule has 1 aromatic heterocycles. The second-order valence-corrected chi connectivity index (χ2v) is 7.90. The largest absolute Gasteiger partial charge is 0.493 e. The van der Waals surface area contributed by atoms with Gasteiger partial charge in [-0.3, -0.25) is 4.79 Å². The lowest BCUT2D eigenvalue weighted by molar-refractivity contribution is -0.111. The standard InChI is InChI=1S/C26H27NO5S/c1-4-15-32-21-13-11-18(16-22(21)30-3)12-14-23(28)27-25-24(26(29)31-5-2)20(17-33-25)19-9-7-6-8-10-19/h6-14,16-17H,4-5,15H2,1-3H3,(H,27,28)/b14-12+. The van der Waals surface area contributed by atoms with Crippen LogP contribution in [-0.2, 0) is 9.53 Å². The summed E-state index contributed by atoms with van der Waals surface area (Å²) in [4.78, 5) is 25.3. The maximum atomic E-state index is 12.6. The van der Waals surface area contributed by atoms with Crippen LogP contribution in [0.1, 0.15) is 36.2 Å². The van der Waals surface area contributed by atoms with E-state index in [0.717, 1.165) is 23.1 Å². The monoisotopic (exact) mass is 465 g/mol. The van der Waals surface area contributed by atoms with E-state index < -0.39 is 5.97 Å². The van der Waals surface area contributed by atoms with Gasteiger partial charge in [0.2, 0.25) is 5.91 Å². The van der Waals surface area contributed by atoms with Crippen molar-refractivity contribution in [3.05, 3.63) is 71.1 Å². The van der Waals surface area contributed by atoms with Crippen molar-refractivity contribution in [2.75, 3.05) is 25.6 Å². The highest BCUT2D eigenvalue weighted by molar-refractivity contribution is 7.15. The quantitative estimate of drug-likeness (QED) is 0.292. The summed E-state index contributed by atoms with van der Waals surface area (Å²) in [5.41, 5.74) is 2.75. The maximum Gasteiger partial charge on any atom is 0.341 e. The molecule has 1 amide bonds. The summed E-state index contributed by atoms with van der Waals surface area (Å²) in [6, 6.07) is 15.0. The van der Waals surface area contributed by atoms with E-state index in [-0.39, 0.29) is 12.5 Å². The van der Waals surface area contributed by atoms with Crippen molar-refractivity contribution in [2.24, 2.45) is 0 Å². The smallest absolute Gasteiger partial charge is 0.341 e. The Kier molecular flexibility index (Phi) is 8.66. The molecule has 0 aliphatic carbocycles. The second kappa shape index (κ2) is 11.9. The van der Waals surface area contributed by atoms with E-state index in [4.69, 9.17) is 14.2 Å². The molecule has 0 saturated carbocycles. The van der Waals surface area contributed by atoms with Crippen molar-refractivity contribution in [1.29, 1.82) is 0 Å². The van der Waals surface area contributed by atoms with Crippen LogP contribution in [-0.4, -0.2) is 32.2 Å². The zero-order valence-electron chi connectivity index (χ0n) is 18.9. The van der Waals surface area contributed by atoms with Crippen LogP contribution in [0, 0.1) is 0 Å². The molecule has 0 unspecified atom stereocenters. The predicted octanol–water partition coefficient (Wildman–Crippen LogP) is 6.04. The zero-order chi connectivity index (χ0) is 23.6. The van der Waals surface area contributed by atoms with Crippen LogP contribution in [0.3, 0.4) is 0 Å². The van der Waals surface area contributed by atoms with Gasteiger partial charge in [-0.2, -0.15) is 0 Å². The third-order valence-corrected chi connectivity index (χ3v) is 5.56. The van der Waals surface area contributed by atoms with Gasteiger partial charge in [-0.15, -0.1) is 11.3 Å². The number of nitrogens with one attached hydrogen (secondary N) is 1. The molecule has 33 heavy (non-hydrogen) atoms. The number of thiophene rings is 1. The van der Waals surface area contributed by atoms with Crippen molar-refractivity contribution >= 4 is 34.3 Å². The molecule has 0 aliphatic rings. The Morgan fingerprint density at radius 2 is 1.85 bits per heavy atom. The number of carbonyl (C=O) groups excluding carboxylic acids is 2. The fourth-order valence-corrected chi connectivity index (χ4v) is 4.09. The van der Waals surface area contributed by atoms with E-state index >= 15 is 0 Å². The van der Waals surface area contributed by atoms with Gasteiger partial charge in [0, 0.05) is 17.0 Å². The molecule has 0 aliphatic heterocycles. The van der Waals surface area contributed by atoms with Gasteiger partial charge in [0.15, 0.2) is 11.5 Å². The highest BCUT2D eigenvalue weighted by atomic mass is 32.1. The fraction of sp³-hybridized carbons (Fsp3) is 0.231. The Labute approximate surface area is 197 Å². The number of methoxy groups -OCH3 is 1. The number of rotatable bonds is 10. The first kappa shape index (κ1) is 24.1. The summed E-state index contributed by atoms with van der Waals surface area (Å²) in [5.74, 6) is 0.435. The first-order valence-corrected chi connectivity index (χ1v) is 11.6. The number of benzene rings is 2. The molecule has 0 saturated heterocycles. The van der Waals surface area contributed by atoms with Crippen molar-refractivity contribution in [3.8, 4) is 22.6 Å². The predicted molar refractivity (Wildman–Crippen MR) is 132 cm³/mol. The average Bonchev–Trinajstić information content (AvgIpc) is 3.25. The third kappa shape index (κ3) is 6.23. The summed E-state index contributed by atoms with van der Waals surface area (Å²) in [7, 11) is 1.58. The lowest BCUT2D eigenvalue weighted by Crippen LogP contribution is -2.12. The van der Waals surface area contributed by atoms with Crippen molar-refractivity contribution < 1.29 is 23.8 Å². The molecule has 3 rings (SSSR count). The van der Waals surface area contributed by atoms with Gasteiger partial charge in [-0.05, 0) is 42.7 Å². The van der Waals surface area contributed by atoms with Crippen LogP contribution in [0.4, 0.5) is 5.00 Å². The molecule has 7 heteroatoms. The summed E-state index contributed by atoms with van der Waals surface area (Å²) >= 11 is 1.29. The van der Waals surface area contributed by atoms with Crippen LogP contribution in [0.2, 0.25) is 0 Å². The normalized spacial score (nSPS) is 10.8. The van der Waals surface area contributed by atoms with E-state index in [1.165, 1.54) is 17.4 Å². The van der Waals surface area contributed by atoms with Gasteiger partial charge in [0.25, 0.3) is 0 Å². The zero-order valence-corrected chi connectivity index (χ0v) is 19.7. The number of esters is 1. The molecule has 6 nitrogen and oxygen atoms in total. The van der Waals surface area contributed by atoms with E-state index in [0.29, 0.717) is 28.7 Å². The topological polar surface area (TPSA) is 73.9 Å². The molecule has 0 radical (unpaired) electrons. The molecule has 172 valence electrons. The lowest BCUT2D eigenvalue weighted by atomic mass is 10.0. The number of amides is 1. The third-order valence-electron chi connectivity index (χ3n) is 4.67. The molecule has 0 atom stereocenters. The Morgan fingerprint density at radius 1 is 1.06 bits per heavy atom. The average molecular weight is 466 g/mol. The minimum atomic E-state index is -0.468. The minimum Gasteiger partial charge on any atom is -0.493 e. The first-order valence-electron chi connectivity index (χ1n) is 10.7. The first-order chi connectivity index (χ1) is 16.1. The Balaban J connectivity index is 1.79. The summed E-state index contributed by atoms with van der Waals surface area (Å²) in [6.45, 7) is 4.63. The molecule has 0 spiro atoms. The SMILES string of the molecule is CCCOc1ccc(/C=C/C(=O)Nc2scc(-c3ccccc3)c2C(=O)OCC)cc1OC. The highest BCUT2D eigenvalue weighted by Gasteiger charge is 2.22. The Bertz CT molecular complexity index is 1120. The van der Waals surface area contributed by atoms with Crippen LogP contribution < -0.4 is 14.8 Å². The van der Waals surface area contributed by atoms with E-state index in [2.05, 4.69) is 5.32 Å². The molecule has 1 heterocycles. The number of hydrogen-bond acceptors (Lipinski definition) is 6.